The minimum absolute atomic E-state index is 0.214. The number of rotatable bonds is 3. The van der Waals surface area contributed by atoms with Crippen LogP contribution in [0.15, 0.2) is 18.5 Å². The number of carbonyl (C=O) groups is 1. The number of nitrogens with zero attached hydrogens (tertiary/aromatic N) is 3. The molecule has 1 atom stereocenters. The monoisotopic (exact) mass is 244 g/mol. The molecular formula is C13H16N4O. The smallest absolute Gasteiger partial charge is 0.254 e. The van der Waals surface area contributed by atoms with E-state index in [0.29, 0.717) is 23.6 Å². The first-order valence-corrected chi connectivity index (χ1v) is 6.01. The van der Waals surface area contributed by atoms with Crippen molar-refractivity contribution in [2.24, 2.45) is 5.92 Å². The van der Waals surface area contributed by atoms with E-state index in [1.807, 2.05) is 6.07 Å². The minimum Gasteiger partial charge on any atom is -0.352 e. The van der Waals surface area contributed by atoms with E-state index in [0.717, 1.165) is 19.5 Å². The second-order valence-corrected chi connectivity index (χ2v) is 4.66. The Morgan fingerprint density at radius 2 is 2.56 bits per heavy atom. The lowest BCUT2D eigenvalue weighted by molar-refractivity contribution is 0.0947. The summed E-state index contributed by atoms with van der Waals surface area (Å²) in [5.74, 6) is 0.287. The molecule has 1 fully saturated rings. The summed E-state index contributed by atoms with van der Waals surface area (Å²) >= 11 is 0. The molecule has 1 amide bonds. The molecule has 0 saturated carbocycles. The molecule has 1 aliphatic rings. The van der Waals surface area contributed by atoms with Gasteiger partial charge in [0.2, 0.25) is 0 Å². The molecule has 1 aliphatic heterocycles. The Morgan fingerprint density at radius 1 is 1.72 bits per heavy atom. The molecule has 2 heterocycles. The fourth-order valence-corrected chi connectivity index (χ4v) is 2.20. The van der Waals surface area contributed by atoms with Crippen LogP contribution < -0.4 is 5.32 Å². The molecule has 0 radical (unpaired) electrons. The normalized spacial score (nSPS) is 19.4. The van der Waals surface area contributed by atoms with Crippen LogP contribution in [-0.2, 0) is 0 Å². The van der Waals surface area contributed by atoms with E-state index in [-0.39, 0.29) is 5.91 Å². The second-order valence-electron chi connectivity index (χ2n) is 4.66. The molecule has 94 valence electrons. The summed E-state index contributed by atoms with van der Waals surface area (Å²) < 4.78 is 0. The zero-order valence-electron chi connectivity index (χ0n) is 10.4. The molecule has 2 rings (SSSR count). The summed E-state index contributed by atoms with van der Waals surface area (Å²) in [7, 11) is 2.08. The lowest BCUT2D eigenvalue weighted by atomic mass is 10.1. The Hall–Kier alpha value is -1.93. The zero-order valence-corrected chi connectivity index (χ0v) is 10.4. The van der Waals surface area contributed by atoms with Crippen molar-refractivity contribution in [2.75, 3.05) is 26.7 Å². The summed E-state index contributed by atoms with van der Waals surface area (Å²) in [6.07, 6.45) is 4.06. The molecule has 0 spiro atoms. The Morgan fingerprint density at radius 3 is 3.22 bits per heavy atom. The molecule has 0 bridgehead atoms. The fraction of sp³-hybridized carbons (Fsp3) is 0.462. The third-order valence-corrected chi connectivity index (χ3v) is 3.23. The topological polar surface area (TPSA) is 69.0 Å². The number of carbonyl (C=O) groups excluding carboxylic acids is 1. The number of nitrogens with one attached hydrogen (secondary N) is 1. The molecule has 1 N–H and O–H groups in total. The maximum Gasteiger partial charge on any atom is 0.254 e. The van der Waals surface area contributed by atoms with Crippen molar-refractivity contribution < 1.29 is 4.79 Å². The van der Waals surface area contributed by atoms with Crippen molar-refractivity contribution in [3.8, 4) is 6.07 Å². The van der Waals surface area contributed by atoms with Crippen molar-refractivity contribution in [3.05, 3.63) is 29.6 Å². The van der Waals surface area contributed by atoms with Crippen LogP contribution in [0.2, 0.25) is 0 Å². The van der Waals surface area contributed by atoms with E-state index in [2.05, 4.69) is 22.2 Å². The molecule has 0 aliphatic carbocycles. The molecule has 1 aromatic rings. The molecule has 5 heteroatoms. The quantitative estimate of drug-likeness (QED) is 0.847. The molecule has 5 nitrogen and oxygen atoms in total. The van der Waals surface area contributed by atoms with Gasteiger partial charge in [-0.05, 0) is 32.0 Å². The lowest BCUT2D eigenvalue weighted by Gasteiger charge is -2.11. The predicted molar refractivity (Wildman–Crippen MR) is 66.9 cm³/mol. The van der Waals surface area contributed by atoms with E-state index in [4.69, 9.17) is 5.26 Å². The third-order valence-electron chi connectivity index (χ3n) is 3.23. The van der Waals surface area contributed by atoms with E-state index in [1.165, 1.54) is 12.4 Å². The summed E-state index contributed by atoms with van der Waals surface area (Å²) in [5.41, 5.74) is 0.720. The number of likely N-dealkylation sites (tertiary alicyclic amines) is 1. The maximum atomic E-state index is 11.9. The average Bonchev–Trinajstić information content (AvgIpc) is 2.81. The molecule has 1 saturated heterocycles. The van der Waals surface area contributed by atoms with Crippen molar-refractivity contribution in [1.29, 1.82) is 5.26 Å². The largest absolute Gasteiger partial charge is 0.352 e. The SMILES string of the molecule is CN1CCC(CNC(=O)c2cnccc2C#N)C1. The van der Waals surface area contributed by atoms with E-state index < -0.39 is 0 Å². The predicted octanol–water partition coefficient (Wildman–Crippen LogP) is 0.635. The van der Waals surface area contributed by atoms with Crippen molar-refractivity contribution in [1.82, 2.24) is 15.2 Å². The van der Waals surface area contributed by atoms with Crippen LogP contribution in [0.3, 0.4) is 0 Å². The van der Waals surface area contributed by atoms with Crippen LogP contribution in [0.25, 0.3) is 0 Å². The highest BCUT2D eigenvalue weighted by molar-refractivity contribution is 5.96. The number of nitriles is 1. The highest BCUT2D eigenvalue weighted by Gasteiger charge is 2.20. The van der Waals surface area contributed by atoms with Gasteiger partial charge in [0.05, 0.1) is 11.1 Å². The summed E-state index contributed by atoms with van der Waals surface area (Å²) in [6.45, 7) is 2.75. The van der Waals surface area contributed by atoms with Gasteiger partial charge in [0.15, 0.2) is 0 Å². The Labute approximate surface area is 106 Å². The fourth-order valence-electron chi connectivity index (χ4n) is 2.20. The second kappa shape index (κ2) is 5.61. The first-order chi connectivity index (χ1) is 8.70. The standard InChI is InChI=1S/C13H16N4O/c1-17-5-3-10(9-17)7-16-13(18)12-8-15-4-2-11(12)6-14/h2,4,8,10H,3,5,7,9H2,1H3,(H,16,18). The highest BCUT2D eigenvalue weighted by Crippen LogP contribution is 2.13. The van der Waals surface area contributed by atoms with Crippen molar-refractivity contribution >= 4 is 5.91 Å². The number of hydrogen-bond acceptors (Lipinski definition) is 4. The van der Waals surface area contributed by atoms with Crippen LogP contribution in [0, 0.1) is 17.2 Å². The Balaban J connectivity index is 1.94. The molecule has 1 aromatic heterocycles. The molecule has 1 unspecified atom stereocenters. The van der Waals surface area contributed by atoms with Gasteiger partial charge in [-0.15, -0.1) is 0 Å². The van der Waals surface area contributed by atoms with Crippen LogP contribution in [0.4, 0.5) is 0 Å². The third kappa shape index (κ3) is 2.84. The van der Waals surface area contributed by atoms with Crippen molar-refractivity contribution in [3.63, 3.8) is 0 Å². The van der Waals surface area contributed by atoms with Crippen molar-refractivity contribution in [2.45, 2.75) is 6.42 Å². The number of amides is 1. The van der Waals surface area contributed by atoms with Crippen LogP contribution in [-0.4, -0.2) is 42.5 Å². The van der Waals surface area contributed by atoms with Gasteiger partial charge in [-0.3, -0.25) is 9.78 Å². The van der Waals surface area contributed by atoms with Gasteiger partial charge >= 0.3 is 0 Å². The van der Waals surface area contributed by atoms with Gasteiger partial charge in [-0.2, -0.15) is 5.26 Å². The van der Waals surface area contributed by atoms with Gasteiger partial charge in [0, 0.05) is 25.5 Å². The van der Waals surface area contributed by atoms with E-state index >= 15 is 0 Å². The van der Waals surface area contributed by atoms with E-state index in [9.17, 15) is 4.79 Å². The van der Waals surface area contributed by atoms with Crippen LogP contribution in [0.1, 0.15) is 22.3 Å². The molecular weight excluding hydrogens is 228 g/mol. The Bertz CT molecular complexity index is 480. The van der Waals surface area contributed by atoms with Gasteiger partial charge in [-0.1, -0.05) is 0 Å². The summed E-state index contributed by atoms with van der Waals surface area (Å²) in [5, 5.41) is 11.8. The minimum atomic E-state index is -0.214. The highest BCUT2D eigenvalue weighted by atomic mass is 16.1. The lowest BCUT2D eigenvalue weighted by Crippen LogP contribution is -2.31. The number of pyridine rings is 1. The van der Waals surface area contributed by atoms with Gasteiger partial charge in [0.1, 0.15) is 6.07 Å². The summed E-state index contributed by atoms with van der Waals surface area (Å²) in [6, 6.07) is 3.56. The Kier molecular flexibility index (Phi) is 3.90. The van der Waals surface area contributed by atoms with Crippen LogP contribution >= 0.6 is 0 Å². The number of aromatic nitrogens is 1. The van der Waals surface area contributed by atoms with Gasteiger partial charge < -0.3 is 10.2 Å². The first kappa shape index (κ1) is 12.5. The number of hydrogen-bond donors (Lipinski definition) is 1. The molecule has 0 aromatic carbocycles. The zero-order chi connectivity index (χ0) is 13.0. The first-order valence-electron chi connectivity index (χ1n) is 6.01. The van der Waals surface area contributed by atoms with Crippen LogP contribution in [0.5, 0.6) is 0 Å². The van der Waals surface area contributed by atoms with Gasteiger partial charge in [-0.25, -0.2) is 0 Å². The average molecular weight is 244 g/mol. The van der Waals surface area contributed by atoms with Gasteiger partial charge in [0.25, 0.3) is 5.91 Å². The summed E-state index contributed by atoms with van der Waals surface area (Å²) in [4.78, 5) is 18.1. The maximum absolute atomic E-state index is 11.9. The van der Waals surface area contributed by atoms with E-state index in [1.54, 1.807) is 6.07 Å². The molecule has 18 heavy (non-hydrogen) atoms.